The lowest BCUT2D eigenvalue weighted by Gasteiger charge is -2.25. The van der Waals surface area contributed by atoms with Gasteiger partial charge in [-0.1, -0.05) is 23.2 Å². The first-order valence-electron chi connectivity index (χ1n) is 6.73. The molecule has 6 heteroatoms. The zero-order valence-corrected chi connectivity index (χ0v) is 12.1. The molecule has 104 valence electrons. The molecule has 2 N–H and O–H groups in total. The Morgan fingerprint density at radius 3 is 2.68 bits per heavy atom. The van der Waals surface area contributed by atoms with Crippen LogP contribution in [0.3, 0.4) is 0 Å². The molecule has 1 amide bonds. The summed E-state index contributed by atoms with van der Waals surface area (Å²) in [5.74, 6) is 0.00463. The number of H-pyrrole nitrogens is 1. The molecule has 1 aliphatic carbocycles. The molecular formula is C13H17Cl2N3O. The average molecular weight is 302 g/mol. The number of hydrogen-bond donors (Lipinski definition) is 2. The third-order valence-corrected chi connectivity index (χ3v) is 4.48. The van der Waals surface area contributed by atoms with Crippen LogP contribution < -0.4 is 5.32 Å². The number of aromatic nitrogens is 1. The number of amides is 1. The van der Waals surface area contributed by atoms with Gasteiger partial charge in [-0.15, -0.1) is 0 Å². The molecule has 0 aromatic carbocycles. The van der Waals surface area contributed by atoms with Gasteiger partial charge in [0.15, 0.2) is 0 Å². The third-order valence-electron chi connectivity index (χ3n) is 3.78. The van der Waals surface area contributed by atoms with Crippen LogP contribution >= 0.6 is 23.2 Å². The van der Waals surface area contributed by atoms with E-state index in [1.807, 2.05) is 4.90 Å². The van der Waals surface area contributed by atoms with Crippen LogP contribution in [-0.4, -0.2) is 41.0 Å². The Labute approximate surface area is 122 Å². The average Bonchev–Trinajstić information content (AvgIpc) is 3.00. The summed E-state index contributed by atoms with van der Waals surface area (Å²) in [6.45, 7) is 1.83. The van der Waals surface area contributed by atoms with E-state index < -0.39 is 0 Å². The molecule has 19 heavy (non-hydrogen) atoms. The maximum Gasteiger partial charge on any atom is 0.270 e. The van der Waals surface area contributed by atoms with Crippen molar-refractivity contribution in [3.05, 3.63) is 21.9 Å². The second-order valence-electron chi connectivity index (χ2n) is 5.33. The summed E-state index contributed by atoms with van der Waals surface area (Å²) in [5.41, 5.74) is 0.486. The maximum absolute atomic E-state index is 12.5. The fourth-order valence-corrected chi connectivity index (χ4v) is 2.92. The lowest BCUT2D eigenvalue weighted by atomic mass is 10.2. The fourth-order valence-electron chi connectivity index (χ4n) is 2.61. The van der Waals surface area contributed by atoms with Gasteiger partial charge in [-0.3, -0.25) is 4.79 Å². The van der Waals surface area contributed by atoms with Gasteiger partial charge in [-0.25, -0.2) is 0 Å². The van der Waals surface area contributed by atoms with Gasteiger partial charge in [0, 0.05) is 18.6 Å². The first-order valence-corrected chi connectivity index (χ1v) is 7.49. The lowest BCUT2D eigenvalue weighted by Crippen LogP contribution is -2.42. The number of rotatable bonds is 4. The van der Waals surface area contributed by atoms with E-state index in [0.717, 1.165) is 32.4 Å². The minimum atomic E-state index is 0.00463. The largest absolute Gasteiger partial charge is 0.340 e. The Hall–Kier alpha value is -0.710. The molecule has 4 nitrogen and oxygen atoms in total. The van der Waals surface area contributed by atoms with Crippen molar-refractivity contribution < 1.29 is 4.79 Å². The maximum atomic E-state index is 12.5. The highest BCUT2D eigenvalue weighted by Gasteiger charge is 2.35. The van der Waals surface area contributed by atoms with Gasteiger partial charge in [0.2, 0.25) is 0 Å². The monoisotopic (exact) mass is 301 g/mol. The van der Waals surface area contributed by atoms with E-state index in [1.165, 1.54) is 6.42 Å². The van der Waals surface area contributed by atoms with Crippen molar-refractivity contribution in [2.45, 2.75) is 37.8 Å². The van der Waals surface area contributed by atoms with Crippen molar-refractivity contribution in [1.29, 1.82) is 0 Å². The van der Waals surface area contributed by atoms with Crippen LogP contribution in [0.25, 0.3) is 0 Å². The van der Waals surface area contributed by atoms with E-state index >= 15 is 0 Å². The second-order valence-corrected chi connectivity index (χ2v) is 6.11. The Balaban J connectivity index is 1.73. The molecule has 1 aliphatic heterocycles. The highest BCUT2D eigenvalue weighted by molar-refractivity contribution is 6.41. The first kappa shape index (κ1) is 13.3. The lowest BCUT2D eigenvalue weighted by molar-refractivity contribution is 0.0723. The van der Waals surface area contributed by atoms with E-state index in [4.69, 9.17) is 23.2 Å². The summed E-state index contributed by atoms with van der Waals surface area (Å²) in [4.78, 5) is 17.3. The van der Waals surface area contributed by atoms with Crippen LogP contribution in [0.5, 0.6) is 0 Å². The van der Waals surface area contributed by atoms with Crippen molar-refractivity contribution in [1.82, 2.24) is 15.2 Å². The topological polar surface area (TPSA) is 48.1 Å². The van der Waals surface area contributed by atoms with Gasteiger partial charge in [0.05, 0.1) is 5.02 Å². The van der Waals surface area contributed by atoms with E-state index in [0.29, 0.717) is 28.0 Å². The normalized spacial score (nSPS) is 22.7. The Bertz CT molecular complexity index is 459. The third kappa shape index (κ3) is 2.91. The number of carbonyl (C=O) groups excluding carboxylic acids is 1. The number of carbonyl (C=O) groups is 1. The quantitative estimate of drug-likeness (QED) is 0.898. The van der Waals surface area contributed by atoms with E-state index in [2.05, 4.69) is 10.3 Å². The molecule has 1 aromatic rings. The van der Waals surface area contributed by atoms with Gasteiger partial charge < -0.3 is 15.2 Å². The number of nitrogens with one attached hydrogen (secondary N) is 2. The summed E-state index contributed by atoms with van der Waals surface area (Å²) in [6.07, 6.45) is 4.53. The van der Waals surface area contributed by atoms with E-state index in [9.17, 15) is 4.79 Å². The van der Waals surface area contributed by atoms with Crippen molar-refractivity contribution >= 4 is 29.1 Å². The molecule has 2 aliphatic rings. The van der Waals surface area contributed by atoms with Gasteiger partial charge >= 0.3 is 0 Å². The molecule has 1 saturated carbocycles. The minimum Gasteiger partial charge on any atom is -0.340 e. The van der Waals surface area contributed by atoms with Crippen LogP contribution in [0.2, 0.25) is 10.2 Å². The van der Waals surface area contributed by atoms with E-state index in [1.54, 1.807) is 6.07 Å². The summed E-state index contributed by atoms with van der Waals surface area (Å²) in [7, 11) is 0. The summed E-state index contributed by atoms with van der Waals surface area (Å²) in [5, 5.41) is 4.17. The van der Waals surface area contributed by atoms with Crippen LogP contribution in [0.4, 0.5) is 0 Å². The number of halogens is 2. The van der Waals surface area contributed by atoms with Crippen LogP contribution in [-0.2, 0) is 0 Å². The Kier molecular flexibility index (Phi) is 3.74. The molecule has 2 fully saturated rings. The molecule has 0 spiro atoms. The van der Waals surface area contributed by atoms with Crippen LogP contribution in [0, 0.1) is 0 Å². The SMILES string of the molecule is O=C(c1cc(Cl)c(Cl)[nH]1)N(CC1CCCN1)C1CC1. The Morgan fingerprint density at radius 1 is 1.37 bits per heavy atom. The fraction of sp³-hybridized carbons (Fsp3) is 0.615. The van der Waals surface area contributed by atoms with Gasteiger partial charge in [0.1, 0.15) is 10.8 Å². The molecule has 0 bridgehead atoms. The van der Waals surface area contributed by atoms with Crippen molar-refractivity contribution in [2.24, 2.45) is 0 Å². The minimum absolute atomic E-state index is 0.00463. The molecule has 3 rings (SSSR count). The number of nitrogens with zero attached hydrogens (tertiary/aromatic N) is 1. The second kappa shape index (κ2) is 5.35. The highest BCUT2D eigenvalue weighted by Crippen LogP contribution is 2.30. The predicted octanol–water partition coefficient (Wildman–Crippen LogP) is 2.68. The van der Waals surface area contributed by atoms with Crippen molar-refractivity contribution in [3.63, 3.8) is 0 Å². The number of hydrogen-bond acceptors (Lipinski definition) is 2. The summed E-state index contributed by atoms with van der Waals surface area (Å²) in [6, 6.07) is 2.42. The van der Waals surface area contributed by atoms with Crippen molar-refractivity contribution in [3.8, 4) is 0 Å². The predicted molar refractivity (Wildman–Crippen MR) is 75.9 cm³/mol. The molecular weight excluding hydrogens is 285 g/mol. The zero-order chi connectivity index (χ0) is 13.4. The number of aromatic amines is 1. The van der Waals surface area contributed by atoms with Gasteiger partial charge in [-0.05, 0) is 38.3 Å². The first-order chi connectivity index (χ1) is 9.15. The standard InChI is InChI=1S/C13H17Cl2N3O/c14-10-6-11(17-12(10)15)13(19)18(9-3-4-9)7-8-2-1-5-16-8/h6,8-9,16-17H,1-5,7H2. The molecule has 2 heterocycles. The van der Waals surface area contributed by atoms with Crippen LogP contribution in [0.15, 0.2) is 6.07 Å². The molecule has 1 unspecified atom stereocenters. The molecule has 1 atom stereocenters. The molecule has 1 saturated heterocycles. The summed E-state index contributed by atoms with van der Waals surface area (Å²) < 4.78 is 0. The summed E-state index contributed by atoms with van der Waals surface area (Å²) >= 11 is 11.8. The van der Waals surface area contributed by atoms with Crippen LogP contribution in [0.1, 0.15) is 36.2 Å². The van der Waals surface area contributed by atoms with Gasteiger partial charge in [0.25, 0.3) is 5.91 Å². The van der Waals surface area contributed by atoms with Crippen molar-refractivity contribution in [2.75, 3.05) is 13.1 Å². The Morgan fingerprint density at radius 2 is 2.16 bits per heavy atom. The zero-order valence-electron chi connectivity index (χ0n) is 10.6. The van der Waals surface area contributed by atoms with E-state index in [-0.39, 0.29) is 5.91 Å². The molecule has 1 aromatic heterocycles. The smallest absolute Gasteiger partial charge is 0.270 e. The highest BCUT2D eigenvalue weighted by atomic mass is 35.5. The van der Waals surface area contributed by atoms with Gasteiger partial charge in [-0.2, -0.15) is 0 Å². The molecule has 0 radical (unpaired) electrons.